The Balaban J connectivity index is 1.97. The molecule has 2 aromatic rings. The Morgan fingerprint density at radius 3 is 2.57 bits per heavy atom. The maximum absolute atomic E-state index is 13.5. The molecule has 28 heavy (non-hydrogen) atoms. The lowest BCUT2D eigenvalue weighted by Gasteiger charge is -2.22. The lowest BCUT2D eigenvalue weighted by molar-refractivity contribution is 0.0756. The van der Waals surface area contributed by atoms with Crippen LogP contribution >= 0.6 is 11.3 Å². The van der Waals surface area contributed by atoms with E-state index in [1.165, 1.54) is 11.3 Å². The number of carbonyl (C=O) groups is 2. The standard InChI is InChI=1S/C22H29N3O2S/c1-3-13-25(14-4-2)22(27)19-17-10-6-5-7-11-18(17)28-21(19)24-20(26)16-9-8-12-23-15-16/h8-9,12,15H,3-7,10-11,13-14H2,1-2H3,(H,24,26). The molecule has 0 bridgehead atoms. The van der Waals surface area contributed by atoms with Crippen LogP contribution < -0.4 is 5.32 Å². The Bertz CT molecular complexity index is 811. The number of carbonyl (C=O) groups excluding carboxylic acids is 2. The topological polar surface area (TPSA) is 62.3 Å². The highest BCUT2D eigenvalue weighted by atomic mass is 32.1. The van der Waals surface area contributed by atoms with Crippen molar-refractivity contribution in [1.82, 2.24) is 9.88 Å². The van der Waals surface area contributed by atoms with Crippen molar-refractivity contribution >= 4 is 28.2 Å². The number of amides is 2. The van der Waals surface area contributed by atoms with Crippen molar-refractivity contribution in [2.24, 2.45) is 0 Å². The van der Waals surface area contributed by atoms with Crippen LogP contribution in [-0.2, 0) is 12.8 Å². The van der Waals surface area contributed by atoms with E-state index in [1.807, 2.05) is 4.90 Å². The van der Waals surface area contributed by atoms with E-state index >= 15 is 0 Å². The maximum Gasteiger partial charge on any atom is 0.257 e. The Morgan fingerprint density at radius 1 is 1.14 bits per heavy atom. The SMILES string of the molecule is CCCN(CCC)C(=O)c1c(NC(=O)c2cccnc2)sc2c1CCCCC2. The molecule has 2 amide bonds. The van der Waals surface area contributed by atoms with Gasteiger partial charge < -0.3 is 10.2 Å². The van der Waals surface area contributed by atoms with Gasteiger partial charge in [0, 0.05) is 30.4 Å². The number of aromatic nitrogens is 1. The summed E-state index contributed by atoms with van der Waals surface area (Å²) in [4.78, 5) is 33.4. The average molecular weight is 400 g/mol. The molecule has 1 N–H and O–H groups in total. The normalized spacial score (nSPS) is 13.5. The van der Waals surface area contributed by atoms with E-state index in [4.69, 9.17) is 0 Å². The number of hydrogen-bond donors (Lipinski definition) is 1. The molecule has 0 radical (unpaired) electrons. The minimum atomic E-state index is -0.212. The zero-order valence-corrected chi connectivity index (χ0v) is 17.6. The molecule has 3 rings (SSSR count). The summed E-state index contributed by atoms with van der Waals surface area (Å²) in [6.07, 6.45) is 10.4. The Labute approximate surface area is 171 Å². The van der Waals surface area contributed by atoms with Crippen LogP contribution in [0, 0.1) is 0 Å². The smallest absolute Gasteiger partial charge is 0.257 e. The fraction of sp³-hybridized carbons (Fsp3) is 0.500. The van der Waals surface area contributed by atoms with Gasteiger partial charge in [0.05, 0.1) is 11.1 Å². The van der Waals surface area contributed by atoms with E-state index in [0.717, 1.165) is 62.7 Å². The van der Waals surface area contributed by atoms with Crippen LogP contribution in [0.15, 0.2) is 24.5 Å². The highest BCUT2D eigenvalue weighted by Crippen LogP contribution is 2.38. The molecule has 0 unspecified atom stereocenters. The first kappa shape index (κ1) is 20.5. The van der Waals surface area contributed by atoms with Crippen molar-refractivity contribution in [2.75, 3.05) is 18.4 Å². The molecule has 6 heteroatoms. The number of nitrogens with zero attached hydrogens (tertiary/aromatic N) is 2. The van der Waals surface area contributed by atoms with Gasteiger partial charge in [0.15, 0.2) is 0 Å². The van der Waals surface area contributed by atoms with Crippen molar-refractivity contribution in [3.05, 3.63) is 46.1 Å². The molecule has 0 aliphatic heterocycles. The van der Waals surface area contributed by atoms with Gasteiger partial charge in [0.2, 0.25) is 0 Å². The highest BCUT2D eigenvalue weighted by molar-refractivity contribution is 7.17. The summed E-state index contributed by atoms with van der Waals surface area (Å²) >= 11 is 1.58. The highest BCUT2D eigenvalue weighted by Gasteiger charge is 2.28. The van der Waals surface area contributed by atoms with Crippen molar-refractivity contribution < 1.29 is 9.59 Å². The van der Waals surface area contributed by atoms with Crippen LogP contribution in [0.2, 0.25) is 0 Å². The Hall–Kier alpha value is -2.21. The van der Waals surface area contributed by atoms with Gasteiger partial charge in [0.25, 0.3) is 11.8 Å². The molecule has 1 aliphatic rings. The summed E-state index contributed by atoms with van der Waals surface area (Å²) in [7, 11) is 0. The second kappa shape index (κ2) is 9.82. The third-order valence-electron chi connectivity index (χ3n) is 5.06. The molecule has 1 aliphatic carbocycles. The van der Waals surface area contributed by atoms with E-state index in [9.17, 15) is 9.59 Å². The van der Waals surface area contributed by atoms with Crippen LogP contribution in [0.1, 0.15) is 77.1 Å². The number of aryl methyl sites for hydroxylation is 1. The summed E-state index contributed by atoms with van der Waals surface area (Å²) in [5.74, 6) is -0.152. The number of nitrogens with one attached hydrogen (secondary N) is 1. The largest absolute Gasteiger partial charge is 0.339 e. The fourth-order valence-corrected chi connectivity index (χ4v) is 5.02. The van der Waals surface area contributed by atoms with Gasteiger partial charge >= 0.3 is 0 Å². The van der Waals surface area contributed by atoms with E-state index in [1.54, 1.807) is 35.9 Å². The zero-order valence-electron chi connectivity index (χ0n) is 16.8. The van der Waals surface area contributed by atoms with E-state index in [-0.39, 0.29) is 11.8 Å². The maximum atomic E-state index is 13.5. The van der Waals surface area contributed by atoms with Crippen LogP contribution in [0.5, 0.6) is 0 Å². The number of hydrogen-bond acceptors (Lipinski definition) is 4. The average Bonchev–Trinajstić information content (AvgIpc) is 2.88. The second-order valence-electron chi connectivity index (χ2n) is 7.26. The molecule has 2 heterocycles. The van der Waals surface area contributed by atoms with Gasteiger partial charge in [-0.1, -0.05) is 20.3 Å². The van der Waals surface area contributed by atoms with Crippen LogP contribution in [-0.4, -0.2) is 34.8 Å². The van der Waals surface area contributed by atoms with Crippen molar-refractivity contribution in [3.63, 3.8) is 0 Å². The predicted octanol–water partition coefficient (Wildman–Crippen LogP) is 4.93. The molecular weight excluding hydrogens is 370 g/mol. The molecule has 150 valence electrons. The molecule has 0 spiro atoms. The lowest BCUT2D eigenvalue weighted by Crippen LogP contribution is -2.33. The molecule has 0 fully saturated rings. The van der Waals surface area contributed by atoms with Crippen molar-refractivity contribution in [3.8, 4) is 0 Å². The first-order valence-electron chi connectivity index (χ1n) is 10.3. The van der Waals surface area contributed by atoms with Crippen molar-refractivity contribution in [1.29, 1.82) is 0 Å². The van der Waals surface area contributed by atoms with E-state index in [2.05, 4.69) is 24.1 Å². The van der Waals surface area contributed by atoms with Gasteiger partial charge in [-0.05, 0) is 56.2 Å². The molecule has 5 nitrogen and oxygen atoms in total. The number of fused-ring (bicyclic) bond motifs is 1. The van der Waals surface area contributed by atoms with Gasteiger partial charge in [-0.3, -0.25) is 14.6 Å². The van der Waals surface area contributed by atoms with Crippen molar-refractivity contribution in [2.45, 2.75) is 58.8 Å². The Morgan fingerprint density at radius 2 is 1.89 bits per heavy atom. The molecule has 0 aromatic carbocycles. The molecule has 0 saturated heterocycles. The van der Waals surface area contributed by atoms with Gasteiger partial charge in [-0.15, -0.1) is 11.3 Å². The first-order chi connectivity index (χ1) is 13.7. The minimum absolute atomic E-state index is 0.0598. The van der Waals surface area contributed by atoms with Gasteiger partial charge in [-0.25, -0.2) is 0 Å². The molecule has 2 aromatic heterocycles. The quantitative estimate of drug-likeness (QED) is 0.672. The monoisotopic (exact) mass is 399 g/mol. The first-order valence-corrected chi connectivity index (χ1v) is 11.1. The summed E-state index contributed by atoms with van der Waals surface area (Å²) in [6.45, 7) is 5.67. The second-order valence-corrected chi connectivity index (χ2v) is 8.36. The van der Waals surface area contributed by atoms with Gasteiger partial charge in [0.1, 0.15) is 5.00 Å². The third-order valence-corrected chi connectivity index (χ3v) is 6.27. The van der Waals surface area contributed by atoms with Crippen LogP contribution in [0.25, 0.3) is 0 Å². The predicted molar refractivity (Wildman–Crippen MR) is 114 cm³/mol. The summed E-state index contributed by atoms with van der Waals surface area (Å²) < 4.78 is 0. The van der Waals surface area contributed by atoms with E-state index < -0.39 is 0 Å². The summed E-state index contributed by atoms with van der Waals surface area (Å²) in [5, 5.41) is 3.71. The fourth-order valence-electron chi connectivity index (χ4n) is 3.74. The Kier molecular flexibility index (Phi) is 7.20. The zero-order chi connectivity index (χ0) is 19.9. The van der Waals surface area contributed by atoms with Gasteiger partial charge in [-0.2, -0.15) is 0 Å². The van der Waals surface area contributed by atoms with Crippen LogP contribution in [0.4, 0.5) is 5.00 Å². The molecule has 0 atom stereocenters. The van der Waals surface area contributed by atoms with Crippen LogP contribution in [0.3, 0.4) is 0 Å². The number of rotatable bonds is 7. The molecular formula is C22H29N3O2S. The number of pyridine rings is 1. The van der Waals surface area contributed by atoms with E-state index in [0.29, 0.717) is 10.6 Å². The summed E-state index contributed by atoms with van der Waals surface area (Å²) in [5.41, 5.74) is 2.38. The lowest BCUT2D eigenvalue weighted by atomic mass is 10.0. The minimum Gasteiger partial charge on any atom is -0.339 e. The third kappa shape index (κ3) is 4.61. The number of thiophene rings is 1. The summed E-state index contributed by atoms with van der Waals surface area (Å²) in [6, 6.07) is 3.48. The molecule has 0 saturated carbocycles. The number of anilines is 1.